The summed E-state index contributed by atoms with van der Waals surface area (Å²) in [6.07, 6.45) is 18.8. The van der Waals surface area contributed by atoms with Gasteiger partial charge in [-0.25, -0.2) is 17.5 Å². The van der Waals surface area contributed by atoms with Crippen molar-refractivity contribution in [1.29, 1.82) is 0 Å². The minimum Gasteiger partial charge on any atom is -0.381 e. The van der Waals surface area contributed by atoms with Gasteiger partial charge in [-0.05, 0) is 95.4 Å². The number of amides is 2. The van der Waals surface area contributed by atoms with Crippen molar-refractivity contribution < 1.29 is 17.9 Å². The summed E-state index contributed by atoms with van der Waals surface area (Å²) in [7, 11) is 0.252. The molecule has 2 saturated heterocycles. The number of hydrogen-bond donors (Lipinski definition) is 1. The fourth-order valence-electron chi connectivity index (χ4n) is 8.59. The molecule has 42 heavy (non-hydrogen) atoms. The SMILES string of the molecule is COC1CCC(NC(=O)N2CCCCN3[C@H](CN(C)S(C)(=O)=O)[C@H](C4CCC(C#CC5CCCCC5)CC4)[C@@H]3C2)CC1. The molecule has 0 aromatic carbocycles. The predicted octanol–water partition coefficient (Wildman–Crippen LogP) is 4.70. The summed E-state index contributed by atoms with van der Waals surface area (Å²) >= 11 is 0. The molecule has 9 heteroatoms. The topological polar surface area (TPSA) is 82.2 Å². The Labute approximate surface area is 255 Å². The van der Waals surface area contributed by atoms with Gasteiger partial charge < -0.3 is 15.0 Å². The summed E-state index contributed by atoms with van der Waals surface area (Å²) in [5.74, 6) is 9.40. The van der Waals surface area contributed by atoms with Gasteiger partial charge in [0.05, 0.1) is 12.4 Å². The monoisotopic (exact) mass is 604 g/mol. The minimum absolute atomic E-state index is 0.0786. The lowest BCUT2D eigenvalue weighted by Gasteiger charge is -2.61. The standard InChI is InChI=1S/C33H56N4O4S/c1-35(42(3,39)40)23-30-32(27-15-13-26(14-16-27)12-11-25-9-5-4-6-10-25)31-24-36(21-7-8-22-37(30)31)33(38)34-28-17-19-29(41-2)20-18-28/h25-32H,4-10,13-24H2,1-3H3,(H,34,38)/t26?,27?,28?,29?,30-,31+,32+/m1/s1. The number of fused-ring (bicyclic) bond motifs is 1. The van der Waals surface area contributed by atoms with Crippen LogP contribution in [0.2, 0.25) is 0 Å². The number of rotatable bonds is 6. The molecule has 0 bridgehead atoms. The van der Waals surface area contributed by atoms with Gasteiger partial charge >= 0.3 is 6.03 Å². The van der Waals surface area contributed by atoms with E-state index in [4.69, 9.17) is 4.74 Å². The first-order valence-corrected chi connectivity index (χ1v) is 18.8. The molecule has 2 amide bonds. The zero-order chi connectivity index (χ0) is 29.7. The molecule has 8 nitrogen and oxygen atoms in total. The second-order valence-corrected chi connectivity index (χ2v) is 16.1. The van der Waals surface area contributed by atoms with Crippen LogP contribution in [0.5, 0.6) is 0 Å². The number of ether oxygens (including phenoxy) is 1. The van der Waals surface area contributed by atoms with Gasteiger partial charge in [0.1, 0.15) is 0 Å². The maximum atomic E-state index is 13.5. The summed E-state index contributed by atoms with van der Waals surface area (Å²) in [4.78, 5) is 18.2. The van der Waals surface area contributed by atoms with E-state index in [2.05, 4.69) is 27.0 Å². The van der Waals surface area contributed by atoms with E-state index in [0.717, 1.165) is 83.8 Å². The predicted molar refractivity (Wildman–Crippen MR) is 167 cm³/mol. The Balaban J connectivity index is 1.24. The van der Waals surface area contributed by atoms with Crippen LogP contribution in [-0.2, 0) is 14.8 Å². The smallest absolute Gasteiger partial charge is 0.317 e. The van der Waals surface area contributed by atoms with Crippen LogP contribution in [0, 0.1) is 35.5 Å². The van der Waals surface area contributed by atoms with Gasteiger partial charge in [-0.2, -0.15) is 0 Å². The Morgan fingerprint density at radius 2 is 1.52 bits per heavy atom. The van der Waals surface area contributed by atoms with Gasteiger partial charge in [0.15, 0.2) is 0 Å². The highest BCUT2D eigenvalue weighted by atomic mass is 32.2. The first-order chi connectivity index (χ1) is 20.2. The van der Waals surface area contributed by atoms with Gasteiger partial charge in [0.25, 0.3) is 0 Å². The molecule has 3 saturated carbocycles. The molecule has 0 radical (unpaired) electrons. The maximum Gasteiger partial charge on any atom is 0.317 e. The minimum atomic E-state index is -3.25. The van der Waals surface area contributed by atoms with E-state index < -0.39 is 10.0 Å². The molecule has 5 rings (SSSR count). The number of sulfonamides is 1. The van der Waals surface area contributed by atoms with Crippen LogP contribution in [0.1, 0.15) is 96.3 Å². The lowest BCUT2D eigenvalue weighted by atomic mass is 9.65. The highest BCUT2D eigenvalue weighted by Gasteiger charge is 2.53. The highest BCUT2D eigenvalue weighted by Crippen LogP contribution is 2.46. The summed E-state index contributed by atoms with van der Waals surface area (Å²) in [6.45, 7) is 3.07. The van der Waals surface area contributed by atoms with E-state index in [1.165, 1.54) is 38.4 Å². The highest BCUT2D eigenvalue weighted by molar-refractivity contribution is 7.88. The van der Waals surface area contributed by atoms with Crippen LogP contribution in [0.3, 0.4) is 0 Å². The number of carbonyl (C=O) groups excluding carboxylic acids is 1. The van der Waals surface area contributed by atoms with E-state index in [0.29, 0.717) is 42.4 Å². The number of nitrogens with zero attached hydrogens (tertiary/aromatic N) is 3. The van der Waals surface area contributed by atoms with Gasteiger partial charge in [0, 0.05) is 63.8 Å². The Morgan fingerprint density at radius 3 is 2.17 bits per heavy atom. The molecule has 3 aliphatic carbocycles. The summed E-state index contributed by atoms with van der Waals surface area (Å²) < 4.78 is 31.9. The van der Waals surface area contributed by atoms with Crippen molar-refractivity contribution in [1.82, 2.24) is 19.4 Å². The first kappa shape index (κ1) is 32.1. The summed E-state index contributed by atoms with van der Waals surface area (Å²) in [5.41, 5.74) is 0. The van der Waals surface area contributed by atoms with Crippen LogP contribution in [-0.4, -0.2) is 99.4 Å². The third-order valence-corrected chi connectivity index (χ3v) is 12.6. The van der Waals surface area contributed by atoms with Gasteiger partial charge in [-0.3, -0.25) is 4.90 Å². The third-order valence-electron chi connectivity index (χ3n) is 11.3. The molecule has 1 N–H and O–H groups in total. The van der Waals surface area contributed by atoms with Crippen molar-refractivity contribution in [2.24, 2.45) is 23.7 Å². The Kier molecular flexibility index (Phi) is 11.2. The number of likely N-dealkylation sites (N-methyl/N-ethyl adjacent to an activating group) is 1. The zero-order valence-corrected chi connectivity index (χ0v) is 27.3. The Bertz CT molecular complexity index is 1050. The molecule has 2 aliphatic heterocycles. The molecule has 5 aliphatic rings. The van der Waals surface area contributed by atoms with Crippen LogP contribution in [0.25, 0.3) is 0 Å². The van der Waals surface area contributed by atoms with E-state index in [9.17, 15) is 13.2 Å². The summed E-state index contributed by atoms with van der Waals surface area (Å²) in [6, 6.07) is 0.823. The normalized spacial score (nSPS) is 35.2. The van der Waals surface area contributed by atoms with Crippen LogP contribution in [0.15, 0.2) is 0 Å². The van der Waals surface area contributed by atoms with Crippen LogP contribution in [0.4, 0.5) is 4.79 Å². The molecule has 0 spiro atoms. The van der Waals surface area contributed by atoms with Crippen LogP contribution >= 0.6 is 0 Å². The van der Waals surface area contributed by atoms with Crippen molar-refractivity contribution in [3.05, 3.63) is 0 Å². The second kappa shape index (κ2) is 14.6. The number of methoxy groups -OCH3 is 1. The largest absolute Gasteiger partial charge is 0.381 e. The molecule has 5 fully saturated rings. The van der Waals surface area contributed by atoms with Gasteiger partial charge in [-0.15, -0.1) is 0 Å². The van der Waals surface area contributed by atoms with Gasteiger partial charge in [0.2, 0.25) is 10.0 Å². The van der Waals surface area contributed by atoms with Crippen molar-refractivity contribution in [3.8, 4) is 11.8 Å². The molecule has 0 aromatic heterocycles. The number of carbonyl (C=O) groups is 1. The van der Waals surface area contributed by atoms with E-state index in [1.807, 2.05) is 0 Å². The summed E-state index contributed by atoms with van der Waals surface area (Å²) in [5, 5.41) is 3.36. The second-order valence-electron chi connectivity index (χ2n) is 14.0. The zero-order valence-electron chi connectivity index (χ0n) is 26.4. The average Bonchev–Trinajstić information content (AvgIpc) is 2.97. The lowest BCUT2D eigenvalue weighted by molar-refractivity contribution is -0.110. The van der Waals surface area contributed by atoms with E-state index in [-0.39, 0.29) is 18.1 Å². The quantitative estimate of drug-likeness (QED) is 0.445. The van der Waals surface area contributed by atoms with Crippen molar-refractivity contribution in [3.63, 3.8) is 0 Å². The number of urea groups is 1. The van der Waals surface area contributed by atoms with E-state index in [1.54, 1.807) is 18.5 Å². The Hall–Kier alpha value is -1.34. The van der Waals surface area contributed by atoms with Crippen molar-refractivity contribution >= 4 is 16.1 Å². The fraction of sp³-hybridized carbons (Fsp3) is 0.909. The molecular formula is C33H56N4O4S. The average molecular weight is 605 g/mol. The Morgan fingerprint density at radius 1 is 0.881 bits per heavy atom. The first-order valence-electron chi connectivity index (χ1n) is 17.0. The maximum absolute atomic E-state index is 13.5. The van der Waals surface area contributed by atoms with E-state index >= 15 is 0 Å². The van der Waals surface area contributed by atoms with Gasteiger partial charge in [-0.1, -0.05) is 31.1 Å². The molecule has 2 heterocycles. The van der Waals surface area contributed by atoms with Crippen molar-refractivity contribution in [2.45, 2.75) is 121 Å². The molecule has 0 unspecified atom stereocenters. The molecular weight excluding hydrogens is 548 g/mol. The number of nitrogens with one attached hydrogen (secondary N) is 1. The molecule has 3 atom stereocenters. The number of hydrogen-bond acceptors (Lipinski definition) is 5. The van der Waals surface area contributed by atoms with Crippen LogP contribution < -0.4 is 5.32 Å². The molecule has 238 valence electrons. The molecule has 0 aromatic rings. The fourth-order valence-corrected chi connectivity index (χ4v) is 9.02. The lowest BCUT2D eigenvalue weighted by Crippen LogP contribution is -2.72. The third kappa shape index (κ3) is 8.02. The van der Waals surface area contributed by atoms with Crippen molar-refractivity contribution in [2.75, 3.05) is 46.6 Å².